The van der Waals surface area contributed by atoms with Gasteiger partial charge in [0.2, 0.25) is 11.8 Å². The molecule has 108 valence electrons. The van der Waals surface area contributed by atoms with E-state index in [2.05, 4.69) is 10.6 Å². The highest BCUT2D eigenvalue weighted by molar-refractivity contribution is 6.01. The van der Waals surface area contributed by atoms with Gasteiger partial charge in [0.1, 0.15) is 0 Å². The van der Waals surface area contributed by atoms with Gasteiger partial charge in [-0.15, -0.1) is 0 Å². The van der Waals surface area contributed by atoms with E-state index in [1.165, 1.54) is 0 Å². The van der Waals surface area contributed by atoms with Gasteiger partial charge in [0, 0.05) is 17.9 Å². The maximum absolute atomic E-state index is 12.4. The fourth-order valence-electron chi connectivity index (χ4n) is 2.52. The van der Waals surface area contributed by atoms with Crippen molar-refractivity contribution in [3.63, 3.8) is 0 Å². The Hall–Kier alpha value is -1.88. The van der Waals surface area contributed by atoms with Crippen LogP contribution in [-0.2, 0) is 16.0 Å². The molecule has 0 saturated heterocycles. The maximum Gasteiger partial charge on any atom is 0.231 e. The lowest BCUT2D eigenvalue weighted by molar-refractivity contribution is -0.125. The van der Waals surface area contributed by atoms with E-state index in [4.69, 9.17) is 5.73 Å². The molecule has 1 aliphatic heterocycles. The third-order valence-electron chi connectivity index (χ3n) is 4.21. The van der Waals surface area contributed by atoms with Gasteiger partial charge in [-0.05, 0) is 36.6 Å². The van der Waals surface area contributed by atoms with Crippen LogP contribution in [0.5, 0.6) is 0 Å². The smallest absolute Gasteiger partial charge is 0.231 e. The zero-order valence-electron chi connectivity index (χ0n) is 12.0. The number of hydrogen-bond acceptors (Lipinski definition) is 3. The van der Waals surface area contributed by atoms with Crippen LogP contribution < -0.4 is 16.4 Å². The van der Waals surface area contributed by atoms with Crippen molar-refractivity contribution in [2.24, 2.45) is 11.1 Å². The average molecular weight is 275 g/mol. The molecule has 0 aliphatic carbocycles. The molecule has 1 aromatic rings. The highest BCUT2D eigenvalue weighted by Crippen LogP contribution is 2.29. The number of nitrogens with one attached hydrogen (secondary N) is 2. The number of hydrogen-bond donors (Lipinski definition) is 3. The van der Waals surface area contributed by atoms with Gasteiger partial charge in [-0.25, -0.2) is 0 Å². The lowest BCUT2D eigenvalue weighted by Crippen LogP contribution is -2.41. The Morgan fingerprint density at radius 1 is 1.40 bits per heavy atom. The van der Waals surface area contributed by atoms with E-state index in [1.54, 1.807) is 6.07 Å². The first kappa shape index (κ1) is 14.5. The Bertz CT molecular complexity index is 528. The van der Waals surface area contributed by atoms with Crippen molar-refractivity contribution < 1.29 is 9.59 Å². The lowest BCUT2D eigenvalue weighted by Gasteiger charge is -2.28. The van der Waals surface area contributed by atoms with E-state index < -0.39 is 5.41 Å². The van der Waals surface area contributed by atoms with E-state index in [-0.39, 0.29) is 11.8 Å². The zero-order valence-corrected chi connectivity index (χ0v) is 12.0. The van der Waals surface area contributed by atoms with Crippen LogP contribution in [0.25, 0.3) is 0 Å². The van der Waals surface area contributed by atoms with Crippen molar-refractivity contribution >= 4 is 23.2 Å². The number of rotatable bonds is 5. The van der Waals surface area contributed by atoms with Gasteiger partial charge in [0.25, 0.3) is 0 Å². The van der Waals surface area contributed by atoms with Crippen LogP contribution in [0.3, 0.4) is 0 Å². The Kier molecular flexibility index (Phi) is 4.09. The molecular weight excluding hydrogens is 254 g/mol. The topological polar surface area (TPSA) is 84.2 Å². The second kappa shape index (κ2) is 5.63. The summed E-state index contributed by atoms with van der Waals surface area (Å²) in [5.74, 6) is -0.0656. The minimum absolute atomic E-state index is 0.0121. The molecule has 0 fully saturated rings. The van der Waals surface area contributed by atoms with Crippen LogP contribution in [0.15, 0.2) is 18.2 Å². The van der Waals surface area contributed by atoms with Gasteiger partial charge < -0.3 is 16.4 Å². The maximum atomic E-state index is 12.4. The first-order valence-corrected chi connectivity index (χ1v) is 6.99. The molecule has 0 aromatic heterocycles. The summed E-state index contributed by atoms with van der Waals surface area (Å²) in [6.45, 7) is 4.28. The summed E-state index contributed by atoms with van der Waals surface area (Å²) in [7, 11) is 0. The van der Waals surface area contributed by atoms with Gasteiger partial charge >= 0.3 is 0 Å². The highest BCUT2D eigenvalue weighted by Gasteiger charge is 2.33. The molecule has 1 aliphatic rings. The molecule has 20 heavy (non-hydrogen) atoms. The van der Waals surface area contributed by atoms with Gasteiger partial charge in [-0.1, -0.05) is 13.8 Å². The summed E-state index contributed by atoms with van der Waals surface area (Å²) in [6.07, 6.45) is 1.77. The summed E-state index contributed by atoms with van der Waals surface area (Å²) in [5, 5.41) is 5.69. The number of carbonyl (C=O) groups excluding carboxylic acids is 2. The summed E-state index contributed by atoms with van der Waals surface area (Å²) >= 11 is 0. The van der Waals surface area contributed by atoms with Crippen LogP contribution in [0, 0.1) is 5.41 Å². The SMILES string of the molecule is CCC(CC)(CN)C(=O)Nc1ccc2c(c1)CC(=O)N2. The monoisotopic (exact) mass is 275 g/mol. The average Bonchev–Trinajstić information content (AvgIpc) is 2.81. The minimum atomic E-state index is -0.521. The van der Waals surface area contributed by atoms with E-state index in [9.17, 15) is 9.59 Å². The molecule has 1 heterocycles. The summed E-state index contributed by atoms with van der Waals surface area (Å²) in [6, 6.07) is 5.46. The van der Waals surface area contributed by atoms with E-state index in [0.717, 1.165) is 11.3 Å². The second-order valence-corrected chi connectivity index (χ2v) is 5.24. The van der Waals surface area contributed by atoms with Gasteiger partial charge in [-0.3, -0.25) is 9.59 Å². The Morgan fingerprint density at radius 2 is 2.10 bits per heavy atom. The van der Waals surface area contributed by atoms with E-state index in [1.807, 2.05) is 26.0 Å². The molecule has 4 N–H and O–H groups in total. The fraction of sp³-hybridized carbons (Fsp3) is 0.467. The third kappa shape index (κ3) is 2.54. The lowest BCUT2D eigenvalue weighted by atomic mass is 9.81. The predicted octanol–water partition coefficient (Wildman–Crippen LogP) is 1.88. The molecule has 0 atom stereocenters. The van der Waals surface area contributed by atoms with Gasteiger partial charge in [0.15, 0.2) is 0 Å². The molecule has 0 radical (unpaired) electrons. The molecule has 0 bridgehead atoms. The van der Waals surface area contributed by atoms with Crippen LogP contribution in [0.2, 0.25) is 0 Å². The molecule has 1 aromatic carbocycles. The highest BCUT2D eigenvalue weighted by atomic mass is 16.2. The molecule has 0 saturated carbocycles. The first-order valence-electron chi connectivity index (χ1n) is 6.99. The summed E-state index contributed by atoms with van der Waals surface area (Å²) in [4.78, 5) is 23.7. The van der Waals surface area contributed by atoms with E-state index >= 15 is 0 Å². The molecule has 0 unspecified atom stereocenters. The quantitative estimate of drug-likeness (QED) is 0.767. The molecule has 5 heteroatoms. The summed E-state index contributed by atoms with van der Waals surface area (Å²) in [5.41, 5.74) is 7.71. The molecule has 2 rings (SSSR count). The standard InChI is InChI=1S/C15H21N3O2/c1-3-15(4-2,9-16)14(20)17-11-5-6-12-10(7-11)8-13(19)18-12/h5-7H,3-4,8-9,16H2,1-2H3,(H,17,20)(H,18,19). The number of amides is 2. The van der Waals surface area contributed by atoms with Crippen molar-refractivity contribution in [1.82, 2.24) is 0 Å². The van der Waals surface area contributed by atoms with Crippen molar-refractivity contribution in [1.29, 1.82) is 0 Å². The van der Waals surface area contributed by atoms with Crippen LogP contribution in [-0.4, -0.2) is 18.4 Å². The number of benzene rings is 1. The second-order valence-electron chi connectivity index (χ2n) is 5.24. The zero-order chi connectivity index (χ0) is 14.8. The Morgan fingerprint density at radius 3 is 2.70 bits per heavy atom. The van der Waals surface area contributed by atoms with Crippen LogP contribution >= 0.6 is 0 Å². The molecular formula is C15H21N3O2. The molecule has 5 nitrogen and oxygen atoms in total. The number of fused-ring (bicyclic) bond motifs is 1. The third-order valence-corrected chi connectivity index (χ3v) is 4.21. The van der Waals surface area contributed by atoms with Crippen molar-refractivity contribution in [2.75, 3.05) is 17.2 Å². The minimum Gasteiger partial charge on any atom is -0.329 e. The fourth-order valence-corrected chi connectivity index (χ4v) is 2.52. The predicted molar refractivity (Wildman–Crippen MR) is 79.5 cm³/mol. The Labute approximate surface area is 118 Å². The normalized spacial score (nSPS) is 13.8. The summed E-state index contributed by atoms with van der Waals surface area (Å²) < 4.78 is 0. The largest absolute Gasteiger partial charge is 0.329 e. The van der Waals surface area contributed by atoms with Crippen molar-refractivity contribution in [3.05, 3.63) is 23.8 Å². The Balaban J connectivity index is 2.17. The number of carbonyl (C=O) groups is 2. The van der Waals surface area contributed by atoms with Gasteiger partial charge in [-0.2, -0.15) is 0 Å². The van der Waals surface area contributed by atoms with Crippen LogP contribution in [0.1, 0.15) is 32.3 Å². The molecule has 0 spiro atoms. The first-order chi connectivity index (χ1) is 9.54. The van der Waals surface area contributed by atoms with Crippen molar-refractivity contribution in [3.8, 4) is 0 Å². The van der Waals surface area contributed by atoms with Crippen molar-refractivity contribution in [2.45, 2.75) is 33.1 Å². The number of nitrogens with two attached hydrogens (primary N) is 1. The van der Waals surface area contributed by atoms with E-state index in [0.29, 0.717) is 31.5 Å². The van der Waals surface area contributed by atoms with Crippen LogP contribution in [0.4, 0.5) is 11.4 Å². The van der Waals surface area contributed by atoms with Gasteiger partial charge in [0.05, 0.1) is 11.8 Å². The molecule has 2 amide bonds. The number of anilines is 2.